The monoisotopic (exact) mass is 1010 g/mol. The van der Waals surface area contributed by atoms with Crippen molar-refractivity contribution < 1.29 is 0 Å². The number of rotatable bonds is 11. The zero-order valence-electron chi connectivity index (χ0n) is 44.1. The number of hydrogen-bond acceptors (Lipinski definition) is 2. The number of para-hydroxylation sites is 2. The summed E-state index contributed by atoms with van der Waals surface area (Å²) in [5.74, 6) is 0. The second-order valence-electron chi connectivity index (χ2n) is 20.7. The summed E-state index contributed by atoms with van der Waals surface area (Å²) in [4.78, 5) is 4.65. The van der Waals surface area contributed by atoms with Crippen molar-refractivity contribution in [2.24, 2.45) is 0 Å². The van der Waals surface area contributed by atoms with Crippen LogP contribution in [0, 0.1) is 13.8 Å². The SMILES string of the molecule is Cc1ccc(N(c2ccccc2)c2ccc(-c3ccc4c(c3)c3cc(-c5ccc(N(c6ccccc6)c6ccc(C)cc6)cc5)ccc3n4-c3ccc(-c4c5ccccc5c(-c5ccccc5)c5ccccc45)cc3)cc2)cc1. The summed E-state index contributed by atoms with van der Waals surface area (Å²) in [6.45, 7) is 4.27. The van der Waals surface area contributed by atoms with Crippen LogP contribution in [0.2, 0.25) is 0 Å². The van der Waals surface area contributed by atoms with Crippen molar-refractivity contribution in [3.05, 3.63) is 308 Å². The molecule has 3 nitrogen and oxygen atoms in total. The van der Waals surface area contributed by atoms with Gasteiger partial charge in [0.1, 0.15) is 0 Å². The van der Waals surface area contributed by atoms with Crippen molar-refractivity contribution in [2.45, 2.75) is 13.8 Å². The Balaban J connectivity index is 0.890. The van der Waals surface area contributed by atoms with Crippen molar-refractivity contribution >= 4 is 77.5 Å². The summed E-state index contributed by atoms with van der Waals surface area (Å²) in [7, 11) is 0. The minimum atomic E-state index is 1.11. The fourth-order valence-corrected chi connectivity index (χ4v) is 11.8. The number of hydrogen-bond donors (Lipinski definition) is 0. The summed E-state index contributed by atoms with van der Waals surface area (Å²) >= 11 is 0. The first-order valence-electron chi connectivity index (χ1n) is 27.2. The van der Waals surface area contributed by atoms with Crippen LogP contribution in [0.3, 0.4) is 0 Å². The standard InChI is InChI=1S/C76H55N3/c1-52-26-38-62(39-27-52)77(60-18-8-4-9-19-60)64-42-30-54(31-43-64)58-36-48-73-71(50-58)72-51-59(55-32-44-65(45-33-55)78(61-20-10-5-11-21-61)63-40-28-53(2)29-41-63)37-49-74(72)79(73)66-46-34-57(35-47-66)76-69-24-14-12-22-67(69)75(56-16-6-3-7-17-56)68-23-13-15-25-70(68)76/h3-51H,1-2H3. The van der Waals surface area contributed by atoms with Gasteiger partial charge in [0.05, 0.1) is 11.0 Å². The minimum absolute atomic E-state index is 1.11. The highest BCUT2D eigenvalue weighted by Crippen LogP contribution is 2.45. The lowest BCUT2D eigenvalue weighted by molar-refractivity contribution is 1.18. The van der Waals surface area contributed by atoms with Crippen LogP contribution in [-0.4, -0.2) is 4.57 Å². The molecule has 1 heterocycles. The predicted molar refractivity (Wildman–Crippen MR) is 336 cm³/mol. The van der Waals surface area contributed by atoms with Crippen LogP contribution < -0.4 is 9.80 Å². The van der Waals surface area contributed by atoms with Gasteiger partial charge in [-0.3, -0.25) is 0 Å². The molecular weight excluding hydrogens is 955 g/mol. The van der Waals surface area contributed by atoms with Gasteiger partial charge in [0, 0.05) is 50.6 Å². The largest absolute Gasteiger partial charge is 0.311 e. The van der Waals surface area contributed by atoms with Gasteiger partial charge in [0.25, 0.3) is 0 Å². The van der Waals surface area contributed by atoms with Gasteiger partial charge in [-0.2, -0.15) is 0 Å². The van der Waals surface area contributed by atoms with Gasteiger partial charge < -0.3 is 14.4 Å². The highest BCUT2D eigenvalue weighted by molar-refractivity contribution is 6.21. The average Bonchev–Trinajstić information content (AvgIpc) is 4.12. The molecule has 0 aliphatic carbocycles. The Hall–Kier alpha value is -10.2. The van der Waals surface area contributed by atoms with Crippen molar-refractivity contribution in [3.8, 4) is 50.2 Å². The van der Waals surface area contributed by atoms with Crippen molar-refractivity contribution in [1.82, 2.24) is 4.57 Å². The van der Waals surface area contributed by atoms with E-state index in [4.69, 9.17) is 0 Å². The summed E-state index contributed by atoms with van der Waals surface area (Å²) in [5.41, 5.74) is 22.2. The number of benzene rings is 13. The van der Waals surface area contributed by atoms with Crippen LogP contribution in [0.4, 0.5) is 34.1 Å². The van der Waals surface area contributed by atoms with Gasteiger partial charge in [-0.1, -0.05) is 199 Å². The van der Waals surface area contributed by atoms with Crippen molar-refractivity contribution in [2.75, 3.05) is 9.80 Å². The van der Waals surface area contributed by atoms with Gasteiger partial charge in [-0.15, -0.1) is 0 Å². The maximum atomic E-state index is 2.45. The lowest BCUT2D eigenvalue weighted by Gasteiger charge is -2.25. The molecule has 3 heteroatoms. The van der Waals surface area contributed by atoms with Gasteiger partial charge in [-0.25, -0.2) is 0 Å². The Bertz CT molecular complexity index is 4240. The number of fused-ring (bicyclic) bond motifs is 5. The molecule has 0 atom stereocenters. The second-order valence-corrected chi connectivity index (χ2v) is 20.7. The van der Waals surface area contributed by atoms with E-state index in [-0.39, 0.29) is 0 Å². The molecule has 374 valence electrons. The number of anilines is 6. The molecule has 0 amide bonds. The zero-order valence-corrected chi connectivity index (χ0v) is 44.1. The second kappa shape index (κ2) is 20.1. The predicted octanol–water partition coefficient (Wildman–Crippen LogP) is 21.3. The van der Waals surface area contributed by atoms with E-state index in [1.807, 2.05) is 0 Å². The van der Waals surface area contributed by atoms with Gasteiger partial charge in [-0.05, 0) is 189 Å². The lowest BCUT2D eigenvalue weighted by atomic mass is 9.86. The van der Waals surface area contributed by atoms with E-state index >= 15 is 0 Å². The number of aromatic nitrogens is 1. The fraction of sp³-hybridized carbons (Fsp3) is 0.0263. The molecule has 13 aromatic carbocycles. The molecule has 0 spiro atoms. The maximum Gasteiger partial charge on any atom is 0.0541 e. The molecule has 0 fully saturated rings. The van der Waals surface area contributed by atoms with Crippen LogP contribution in [0.1, 0.15) is 11.1 Å². The van der Waals surface area contributed by atoms with E-state index in [0.717, 1.165) is 62.0 Å². The molecule has 0 radical (unpaired) electrons. The highest BCUT2D eigenvalue weighted by atomic mass is 15.1. The third-order valence-electron chi connectivity index (χ3n) is 15.7. The first-order valence-corrected chi connectivity index (χ1v) is 27.2. The summed E-state index contributed by atoms with van der Waals surface area (Å²) in [6, 6.07) is 109. The Morgan fingerprint density at radius 3 is 0.899 bits per heavy atom. The summed E-state index contributed by atoms with van der Waals surface area (Å²) < 4.78 is 2.45. The molecule has 0 saturated heterocycles. The molecule has 79 heavy (non-hydrogen) atoms. The molecule has 0 bridgehead atoms. The molecule has 14 aromatic rings. The molecule has 0 aliphatic heterocycles. The van der Waals surface area contributed by atoms with E-state index < -0.39 is 0 Å². The molecule has 0 aliphatic rings. The van der Waals surface area contributed by atoms with Gasteiger partial charge in [0.15, 0.2) is 0 Å². The van der Waals surface area contributed by atoms with Crippen LogP contribution in [0.25, 0.3) is 93.5 Å². The summed E-state index contributed by atoms with van der Waals surface area (Å²) in [5, 5.41) is 7.41. The Labute approximate surface area is 461 Å². The Kier molecular flexibility index (Phi) is 12.0. The quantitative estimate of drug-likeness (QED) is 0.120. The maximum absolute atomic E-state index is 2.45. The Morgan fingerprint density at radius 2 is 0.519 bits per heavy atom. The molecule has 14 rings (SSSR count). The third kappa shape index (κ3) is 8.68. The van der Waals surface area contributed by atoms with Crippen molar-refractivity contribution in [3.63, 3.8) is 0 Å². The third-order valence-corrected chi connectivity index (χ3v) is 15.7. The molecule has 1 aromatic heterocycles. The first-order chi connectivity index (χ1) is 39.0. The Morgan fingerprint density at radius 1 is 0.228 bits per heavy atom. The first kappa shape index (κ1) is 47.2. The van der Waals surface area contributed by atoms with Gasteiger partial charge in [0.2, 0.25) is 0 Å². The van der Waals surface area contributed by atoms with E-state index in [2.05, 4.69) is 325 Å². The molecule has 0 unspecified atom stereocenters. The summed E-state index contributed by atoms with van der Waals surface area (Å²) in [6.07, 6.45) is 0. The van der Waals surface area contributed by atoms with Crippen molar-refractivity contribution in [1.29, 1.82) is 0 Å². The van der Waals surface area contributed by atoms with Crippen LogP contribution >= 0.6 is 0 Å². The smallest absolute Gasteiger partial charge is 0.0541 e. The number of nitrogens with zero attached hydrogens (tertiary/aromatic N) is 3. The zero-order chi connectivity index (χ0) is 52.8. The van der Waals surface area contributed by atoms with E-state index in [1.54, 1.807) is 0 Å². The minimum Gasteiger partial charge on any atom is -0.311 e. The van der Waals surface area contributed by atoms with Crippen LogP contribution in [-0.2, 0) is 0 Å². The fourth-order valence-electron chi connectivity index (χ4n) is 11.8. The topological polar surface area (TPSA) is 11.4 Å². The van der Waals surface area contributed by atoms with E-state index in [9.17, 15) is 0 Å². The number of aryl methyl sites for hydroxylation is 2. The van der Waals surface area contributed by atoms with E-state index in [1.165, 1.54) is 76.8 Å². The molecule has 0 saturated carbocycles. The highest BCUT2D eigenvalue weighted by Gasteiger charge is 2.20. The van der Waals surface area contributed by atoms with E-state index in [0.29, 0.717) is 0 Å². The van der Waals surface area contributed by atoms with Crippen LogP contribution in [0.15, 0.2) is 297 Å². The average molecular weight is 1010 g/mol. The van der Waals surface area contributed by atoms with Crippen LogP contribution in [0.5, 0.6) is 0 Å². The molecule has 0 N–H and O–H groups in total. The lowest BCUT2D eigenvalue weighted by Crippen LogP contribution is -2.09. The normalized spacial score (nSPS) is 11.4. The molecular formula is C76H55N3. The van der Waals surface area contributed by atoms with Gasteiger partial charge >= 0.3 is 0 Å².